The third-order valence-electron chi connectivity index (χ3n) is 4.71. The van der Waals surface area contributed by atoms with Gasteiger partial charge in [-0.25, -0.2) is 0 Å². The van der Waals surface area contributed by atoms with E-state index in [1.807, 2.05) is 6.92 Å². The number of ether oxygens (including phenoxy) is 1. The number of hydrogen-bond acceptors (Lipinski definition) is 2. The summed E-state index contributed by atoms with van der Waals surface area (Å²) < 4.78 is 5.82. The molecule has 2 fully saturated rings. The van der Waals surface area contributed by atoms with Crippen LogP contribution in [0.1, 0.15) is 59.8 Å². The van der Waals surface area contributed by atoms with Crippen LogP contribution in [0.3, 0.4) is 0 Å². The van der Waals surface area contributed by atoms with Crippen molar-refractivity contribution >= 4 is 5.97 Å². The Labute approximate surface area is 105 Å². The lowest BCUT2D eigenvalue weighted by Crippen LogP contribution is -2.37. The van der Waals surface area contributed by atoms with Crippen molar-refractivity contribution in [2.24, 2.45) is 23.2 Å². The molecule has 0 aliphatic heterocycles. The van der Waals surface area contributed by atoms with Gasteiger partial charge in [-0.2, -0.15) is 0 Å². The molecule has 17 heavy (non-hydrogen) atoms. The van der Waals surface area contributed by atoms with Gasteiger partial charge in [0.15, 0.2) is 0 Å². The average molecular weight is 238 g/mol. The van der Waals surface area contributed by atoms with Gasteiger partial charge in [0.05, 0.1) is 5.41 Å². The minimum absolute atomic E-state index is 0.0576. The summed E-state index contributed by atoms with van der Waals surface area (Å²) in [6, 6.07) is 0. The SMILES string of the molecule is CC1CCC(C(C)C)C(OC(=O)C2(C)CC2)C1. The van der Waals surface area contributed by atoms with Crippen molar-refractivity contribution in [1.29, 1.82) is 0 Å². The van der Waals surface area contributed by atoms with Gasteiger partial charge in [-0.1, -0.05) is 27.2 Å². The highest BCUT2D eigenvalue weighted by atomic mass is 16.5. The lowest BCUT2D eigenvalue weighted by Gasteiger charge is -2.37. The first-order chi connectivity index (χ1) is 7.92. The maximum absolute atomic E-state index is 12.0. The van der Waals surface area contributed by atoms with Crippen molar-refractivity contribution in [3.63, 3.8) is 0 Å². The number of hydrogen-bond donors (Lipinski definition) is 0. The molecule has 0 amide bonds. The first kappa shape index (κ1) is 12.9. The number of carbonyl (C=O) groups excluding carboxylic acids is 1. The maximum atomic E-state index is 12.0. The van der Waals surface area contributed by atoms with Crippen LogP contribution in [0.5, 0.6) is 0 Å². The first-order valence-electron chi connectivity index (χ1n) is 7.13. The molecule has 0 aromatic carbocycles. The fraction of sp³-hybridized carbons (Fsp3) is 0.933. The van der Waals surface area contributed by atoms with E-state index in [9.17, 15) is 4.79 Å². The molecule has 3 unspecified atom stereocenters. The highest BCUT2D eigenvalue weighted by molar-refractivity contribution is 5.79. The van der Waals surface area contributed by atoms with Gasteiger partial charge in [-0.3, -0.25) is 4.79 Å². The Morgan fingerprint density at radius 3 is 2.47 bits per heavy atom. The summed E-state index contributed by atoms with van der Waals surface area (Å²) in [5, 5.41) is 0. The number of esters is 1. The smallest absolute Gasteiger partial charge is 0.312 e. The molecule has 2 saturated carbocycles. The molecular weight excluding hydrogens is 212 g/mol. The van der Waals surface area contributed by atoms with E-state index < -0.39 is 0 Å². The fourth-order valence-electron chi connectivity index (χ4n) is 2.92. The molecule has 0 bridgehead atoms. The predicted molar refractivity (Wildman–Crippen MR) is 68.6 cm³/mol. The third kappa shape index (κ3) is 2.83. The predicted octanol–water partition coefficient (Wildman–Crippen LogP) is 3.79. The second-order valence-electron chi connectivity index (χ2n) is 6.83. The Morgan fingerprint density at radius 1 is 1.29 bits per heavy atom. The Bertz CT molecular complexity index is 291. The summed E-state index contributed by atoms with van der Waals surface area (Å²) in [6.07, 6.45) is 5.76. The second-order valence-corrected chi connectivity index (χ2v) is 6.83. The van der Waals surface area contributed by atoms with Crippen molar-refractivity contribution in [2.45, 2.75) is 65.9 Å². The van der Waals surface area contributed by atoms with Crippen LogP contribution in [0.4, 0.5) is 0 Å². The zero-order valence-electron chi connectivity index (χ0n) is 11.7. The van der Waals surface area contributed by atoms with Gasteiger partial charge in [-0.15, -0.1) is 0 Å². The van der Waals surface area contributed by atoms with Gasteiger partial charge in [-0.05, 0) is 50.4 Å². The zero-order valence-corrected chi connectivity index (χ0v) is 11.7. The van der Waals surface area contributed by atoms with E-state index in [0.717, 1.165) is 19.3 Å². The van der Waals surface area contributed by atoms with Crippen LogP contribution >= 0.6 is 0 Å². The lowest BCUT2D eigenvalue weighted by atomic mass is 9.75. The standard InChI is InChI=1S/C15H26O2/c1-10(2)12-6-5-11(3)9-13(12)17-14(16)15(4)7-8-15/h10-13H,5-9H2,1-4H3. The molecule has 0 aromatic rings. The van der Waals surface area contributed by atoms with Crippen LogP contribution in [0.2, 0.25) is 0 Å². The molecule has 98 valence electrons. The van der Waals surface area contributed by atoms with E-state index in [0.29, 0.717) is 17.8 Å². The molecule has 2 rings (SSSR count). The summed E-state index contributed by atoms with van der Waals surface area (Å²) in [6.45, 7) is 8.81. The average Bonchev–Trinajstić information content (AvgIpc) is 2.97. The molecule has 0 aromatic heterocycles. The van der Waals surface area contributed by atoms with Crippen LogP contribution in [0, 0.1) is 23.2 Å². The van der Waals surface area contributed by atoms with Gasteiger partial charge < -0.3 is 4.74 Å². The van der Waals surface area contributed by atoms with Gasteiger partial charge in [0.2, 0.25) is 0 Å². The summed E-state index contributed by atoms with van der Waals surface area (Å²) >= 11 is 0. The van der Waals surface area contributed by atoms with Crippen LogP contribution in [0.25, 0.3) is 0 Å². The molecule has 2 aliphatic carbocycles. The molecule has 0 N–H and O–H groups in total. The van der Waals surface area contributed by atoms with Gasteiger partial charge >= 0.3 is 5.97 Å². The van der Waals surface area contributed by atoms with Gasteiger partial charge in [0, 0.05) is 0 Å². The molecule has 3 atom stereocenters. The summed E-state index contributed by atoms with van der Waals surface area (Å²) in [5.41, 5.74) is -0.137. The van der Waals surface area contributed by atoms with Crippen molar-refractivity contribution in [3.8, 4) is 0 Å². The van der Waals surface area contributed by atoms with Crippen LogP contribution < -0.4 is 0 Å². The second kappa shape index (κ2) is 4.62. The molecule has 0 saturated heterocycles. The topological polar surface area (TPSA) is 26.3 Å². The van der Waals surface area contributed by atoms with Crippen LogP contribution in [-0.2, 0) is 9.53 Å². The lowest BCUT2D eigenvalue weighted by molar-refractivity contribution is -0.162. The van der Waals surface area contributed by atoms with Gasteiger partial charge in [0.1, 0.15) is 6.10 Å². The Hall–Kier alpha value is -0.530. The van der Waals surface area contributed by atoms with E-state index in [2.05, 4.69) is 20.8 Å². The Balaban J connectivity index is 1.97. The third-order valence-corrected chi connectivity index (χ3v) is 4.71. The van der Waals surface area contributed by atoms with E-state index in [-0.39, 0.29) is 17.5 Å². The molecule has 0 spiro atoms. The van der Waals surface area contributed by atoms with Crippen molar-refractivity contribution in [2.75, 3.05) is 0 Å². The van der Waals surface area contributed by atoms with E-state index in [1.54, 1.807) is 0 Å². The van der Waals surface area contributed by atoms with Crippen molar-refractivity contribution in [1.82, 2.24) is 0 Å². The quantitative estimate of drug-likeness (QED) is 0.699. The van der Waals surface area contributed by atoms with E-state index in [1.165, 1.54) is 12.8 Å². The molecule has 0 heterocycles. The van der Waals surface area contributed by atoms with Crippen LogP contribution in [-0.4, -0.2) is 12.1 Å². The highest BCUT2D eigenvalue weighted by Crippen LogP contribution is 2.47. The summed E-state index contributed by atoms with van der Waals surface area (Å²) in [4.78, 5) is 12.0. The molecule has 2 nitrogen and oxygen atoms in total. The Morgan fingerprint density at radius 2 is 1.94 bits per heavy atom. The largest absolute Gasteiger partial charge is 0.462 e. The van der Waals surface area contributed by atoms with E-state index in [4.69, 9.17) is 4.74 Å². The fourth-order valence-corrected chi connectivity index (χ4v) is 2.92. The van der Waals surface area contributed by atoms with Crippen LogP contribution in [0.15, 0.2) is 0 Å². The summed E-state index contributed by atoms with van der Waals surface area (Å²) in [7, 11) is 0. The number of rotatable bonds is 3. The van der Waals surface area contributed by atoms with Crippen molar-refractivity contribution < 1.29 is 9.53 Å². The van der Waals surface area contributed by atoms with Gasteiger partial charge in [0.25, 0.3) is 0 Å². The molecule has 0 radical (unpaired) electrons. The highest BCUT2D eigenvalue weighted by Gasteiger charge is 2.48. The number of carbonyl (C=O) groups is 1. The minimum Gasteiger partial charge on any atom is -0.462 e. The van der Waals surface area contributed by atoms with Crippen molar-refractivity contribution in [3.05, 3.63) is 0 Å². The molecular formula is C15H26O2. The minimum atomic E-state index is -0.137. The molecule has 2 heteroatoms. The molecule has 2 aliphatic rings. The summed E-state index contributed by atoms with van der Waals surface area (Å²) in [5.74, 6) is 1.95. The zero-order chi connectivity index (χ0) is 12.6. The monoisotopic (exact) mass is 238 g/mol. The first-order valence-corrected chi connectivity index (χ1v) is 7.13. The van der Waals surface area contributed by atoms with E-state index >= 15 is 0 Å². The normalized spacial score (nSPS) is 35.7. The maximum Gasteiger partial charge on any atom is 0.312 e. The Kier molecular flexibility index (Phi) is 3.51.